The Morgan fingerprint density at radius 3 is 1.23 bits per heavy atom. The number of benzene rings is 4. The van der Waals surface area contributed by atoms with E-state index in [-0.39, 0.29) is 0 Å². The fourth-order valence-electron chi connectivity index (χ4n) is 6.13. The average molecular weight is 785 g/mol. The Morgan fingerprint density at radius 2 is 0.825 bits per heavy atom. The molecule has 0 saturated heterocycles. The van der Waals surface area contributed by atoms with E-state index in [2.05, 4.69) is 170 Å². The first-order chi connectivity index (χ1) is 27.5. The van der Waals surface area contributed by atoms with Crippen LogP contribution in [0.2, 0.25) is 0 Å². The van der Waals surface area contributed by atoms with Gasteiger partial charge in [0.15, 0.2) is 5.17 Å². The van der Waals surface area contributed by atoms with Crippen LogP contribution in [0.4, 0.5) is 22.7 Å². The Balaban J connectivity index is 0.000000307. The molecule has 0 spiro atoms. The van der Waals surface area contributed by atoms with Crippen molar-refractivity contribution in [2.24, 2.45) is 30.0 Å². The maximum atomic E-state index is 4.75. The van der Waals surface area contributed by atoms with Crippen LogP contribution in [0.15, 0.2) is 103 Å². The molecule has 0 radical (unpaired) electrons. The number of nitrogens with zero attached hydrogens (tertiary/aromatic N) is 6. The summed E-state index contributed by atoms with van der Waals surface area (Å²) in [6, 6.07) is 30.6. The van der Waals surface area contributed by atoms with Crippen LogP contribution in [0.1, 0.15) is 90.0 Å². The molecule has 0 aromatic heterocycles. The SMILES string of the molecule is CSC(=NCCCCCN=C(C)Nc1c(C)cccc1C)Nc1c(C)cccc1C.Cc1cccc(C)c1N=C=NCCCCCN=C=Nc1c(C)cccc1C. The van der Waals surface area contributed by atoms with Crippen LogP contribution >= 0.6 is 11.8 Å². The van der Waals surface area contributed by atoms with Crippen LogP contribution in [0, 0.1) is 55.4 Å². The molecule has 0 aliphatic heterocycles. The smallest absolute Gasteiger partial charge is 0.160 e. The van der Waals surface area contributed by atoms with Crippen molar-refractivity contribution in [2.45, 2.75) is 101 Å². The average Bonchev–Trinajstić information content (AvgIpc) is 3.18. The number of thioether (sulfide) groups is 1. The monoisotopic (exact) mass is 784 g/mol. The minimum Gasteiger partial charge on any atom is -0.344 e. The number of para-hydroxylation sites is 4. The van der Waals surface area contributed by atoms with Crippen molar-refractivity contribution in [2.75, 3.05) is 43.1 Å². The summed E-state index contributed by atoms with van der Waals surface area (Å²) in [5.74, 6) is 0.980. The van der Waals surface area contributed by atoms with Crippen LogP contribution in [-0.2, 0) is 0 Å². The van der Waals surface area contributed by atoms with Crippen molar-refractivity contribution in [1.82, 2.24) is 0 Å². The maximum Gasteiger partial charge on any atom is 0.160 e. The zero-order chi connectivity index (χ0) is 41.4. The number of hydrogen-bond donors (Lipinski definition) is 2. The largest absolute Gasteiger partial charge is 0.344 e. The molecule has 57 heavy (non-hydrogen) atoms. The van der Waals surface area contributed by atoms with Gasteiger partial charge in [0, 0.05) is 37.6 Å². The van der Waals surface area contributed by atoms with Crippen LogP contribution in [0.25, 0.3) is 0 Å². The van der Waals surface area contributed by atoms with E-state index in [1.807, 2.05) is 19.1 Å². The normalized spacial score (nSPS) is 11.1. The third-order valence-electron chi connectivity index (χ3n) is 9.50. The third-order valence-corrected chi connectivity index (χ3v) is 10.1. The van der Waals surface area contributed by atoms with Gasteiger partial charge in [0.05, 0.1) is 29.2 Å². The van der Waals surface area contributed by atoms with Crippen molar-refractivity contribution >= 4 is 57.5 Å². The van der Waals surface area contributed by atoms with Gasteiger partial charge in [-0.15, -0.1) is 0 Å². The van der Waals surface area contributed by atoms with Gasteiger partial charge < -0.3 is 10.6 Å². The van der Waals surface area contributed by atoms with Crippen LogP contribution in [-0.4, -0.2) is 55.5 Å². The molecule has 0 aliphatic rings. The first-order valence-electron chi connectivity index (χ1n) is 20.1. The molecule has 8 nitrogen and oxygen atoms in total. The van der Waals surface area contributed by atoms with Gasteiger partial charge in [0.25, 0.3) is 0 Å². The first-order valence-corrected chi connectivity index (χ1v) is 21.4. The van der Waals surface area contributed by atoms with Gasteiger partial charge in [-0.25, -0.2) is 9.98 Å². The van der Waals surface area contributed by atoms with Gasteiger partial charge in [-0.1, -0.05) is 84.6 Å². The molecule has 0 bridgehead atoms. The number of rotatable bonds is 16. The molecule has 2 N–H and O–H groups in total. The van der Waals surface area contributed by atoms with E-state index in [0.29, 0.717) is 0 Å². The summed E-state index contributed by atoms with van der Waals surface area (Å²) in [7, 11) is 0. The highest BCUT2D eigenvalue weighted by Crippen LogP contribution is 2.24. The number of amidine groups is 2. The third kappa shape index (κ3) is 16.9. The topological polar surface area (TPSA) is 98.2 Å². The van der Waals surface area contributed by atoms with Crippen molar-refractivity contribution < 1.29 is 0 Å². The Bertz CT molecular complexity index is 1910. The minimum atomic E-state index is 0.745. The molecule has 0 fully saturated rings. The van der Waals surface area contributed by atoms with E-state index < -0.39 is 0 Å². The second-order valence-corrected chi connectivity index (χ2v) is 15.2. The Morgan fingerprint density at radius 1 is 0.474 bits per heavy atom. The summed E-state index contributed by atoms with van der Waals surface area (Å²) in [5, 5.41) is 7.93. The Kier molecular flexibility index (Phi) is 21.1. The molecule has 0 atom stereocenters. The molecule has 4 aromatic rings. The molecule has 0 aliphatic carbocycles. The zero-order valence-electron chi connectivity index (χ0n) is 36.1. The summed E-state index contributed by atoms with van der Waals surface area (Å²) in [4.78, 5) is 26.6. The lowest BCUT2D eigenvalue weighted by atomic mass is 10.1. The highest BCUT2D eigenvalue weighted by atomic mass is 32.2. The molecule has 4 aromatic carbocycles. The lowest BCUT2D eigenvalue weighted by Crippen LogP contribution is -2.11. The molecule has 0 amide bonds. The molecule has 0 saturated carbocycles. The number of nitrogens with one attached hydrogen (secondary N) is 2. The summed E-state index contributed by atoms with van der Waals surface area (Å²) < 4.78 is 0. The molecule has 9 heteroatoms. The second-order valence-electron chi connectivity index (χ2n) is 14.4. The first kappa shape index (κ1) is 46.3. The van der Waals surface area contributed by atoms with Crippen molar-refractivity contribution in [3.05, 3.63) is 117 Å². The lowest BCUT2D eigenvalue weighted by molar-refractivity contribution is 0.697. The molecule has 4 rings (SSSR count). The van der Waals surface area contributed by atoms with Crippen LogP contribution in [0.3, 0.4) is 0 Å². The predicted octanol–water partition coefficient (Wildman–Crippen LogP) is 13.2. The van der Waals surface area contributed by atoms with Crippen molar-refractivity contribution in [3.8, 4) is 0 Å². The summed E-state index contributed by atoms with van der Waals surface area (Å²) in [6.07, 6.45) is 8.47. The molecular weight excluding hydrogens is 721 g/mol. The highest BCUT2D eigenvalue weighted by Gasteiger charge is 2.06. The van der Waals surface area contributed by atoms with Gasteiger partial charge >= 0.3 is 0 Å². The summed E-state index contributed by atoms with van der Waals surface area (Å²) in [5.41, 5.74) is 13.9. The predicted molar refractivity (Wildman–Crippen MR) is 251 cm³/mol. The molecule has 302 valence electrons. The van der Waals surface area contributed by atoms with Gasteiger partial charge in [-0.2, -0.15) is 9.98 Å². The highest BCUT2D eigenvalue weighted by molar-refractivity contribution is 8.13. The standard InChI is InChI=1S/C25H36N4S.C23H28N4/c1-18-12-10-13-19(2)23(18)28-22(5)26-16-8-7-9-17-27-25(30-6)29-24-20(3)14-11-15-21(24)4;1-18-10-8-11-19(2)22(18)26-16-24-14-6-5-7-15-25-17-27-23-20(3)12-9-13-21(23)4/h10-15H,7-9,16-17H2,1-6H3,(H,26,28)(H,27,29);8-13H,5-7,14-15H2,1-4H3. The number of hydrogen-bond acceptors (Lipinski definition) is 7. The Hall–Kier alpha value is -5.07. The van der Waals surface area contributed by atoms with E-state index in [1.165, 1.54) is 33.6 Å². The summed E-state index contributed by atoms with van der Waals surface area (Å²) >= 11 is 1.67. The van der Waals surface area contributed by atoms with E-state index in [9.17, 15) is 0 Å². The van der Waals surface area contributed by atoms with Crippen molar-refractivity contribution in [1.29, 1.82) is 0 Å². The number of unbranched alkanes of at least 4 members (excludes halogenated alkanes) is 4. The van der Waals surface area contributed by atoms with Gasteiger partial charge in [0.2, 0.25) is 0 Å². The zero-order valence-corrected chi connectivity index (χ0v) is 36.9. The van der Waals surface area contributed by atoms with Gasteiger partial charge in [-0.05, 0) is 152 Å². The van der Waals surface area contributed by atoms with E-state index >= 15 is 0 Å². The van der Waals surface area contributed by atoms with E-state index in [0.717, 1.165) is 109 Å². The van der Waals surface area contributed by atoms with E-state index in [1.54, 1.807) is 11.8 Å². The van der Waals surface area contributed by atoms with Crippen molar-refractivity contribution in [3.63, 3.8) is 0 Å². The summed E-state index contributed by atoms with van der Waals surface area (Å²) in [6.45, 7) is 22.0. The number of aryl methyl sites for hydroxylation is 8. The van der Waals surface area contributed by atoms with Gasteiger partial charge in [0.1, 0.15) is 0 Å². The van der Waals surface area contributed by atoms with E-state index in [4.69, 9.17) is 4.99 Å². The minimum absolute atomic E-state index is 0.745. The molecular formula is C48H64N8S. The number of anilines is 2. The van der Waals surface area contributed by atoms with Gasteiger partial charge in [-0.3, -0.25) is 9.98 Å². The molecule has 0 unspecified atom stereocenters. The Labute approximate surface area is 347 Å². The fraction of sp³-hybridized carbons (Fsp3) is 0.417. The maximum absolute atomic E-state index is 4.75. The molecule has 0 heterocycles. The lowest BCUT2D eigenvalue weighted by Gasteiger charge is -2.13. The van der Waals surface area contributed by atoms with Crippen LogP contribution in [0.5, 0.6) is 0 Å². The van der Waals surface area contributed by atoms with Crippen LogP contribution < -0.4 is 10.6 Å². The number of aliphatic imine (C=N–C) groups is 6. The second kappa shape index (κ2) is 26.0. The fourth-order valence-corrected chi connectivity index (χ4v) is 6.55. The quantitative estimate of drug-likeness (QED) is 0.0672.